The van der Waals surface area contributed by atoms with Crippen molar-refractivity contribution in [3.05, 3.63) is 46.6 Å². The average Bonchev–Trinajstić information content (AvgIpc) is 2.80. The maximum absolute atomic E-state index is 5.86. The zero-order valence-electron chi connectivity index (χ0n) is 15.5. The summed E-state index contributed by atoms with van der Waals surface area (Å²) in [5.41, 5.74) is 5.66. The highest BCUT2D eigenvalue weighted by molar-refractivity contribution is 5.47. The number of benzene rings is 1. The topological polar surface area (TPSA) is 18.5 Å². The maximum Gasteiger partial charge on any atom is 0.126 e. The van der Waals surface area contributed by atoms with Crippen LogP contribution in [0.5, 0.6) is 11.5 Å². The van der Waals surface area contributed by atoms with Gasteiger partial charge in [-0.15, -0.1) is 0 Å². The van der Waals surface area contributed by atoms with Crippen molar-refractivity contribution < 1.29 is 9.47 Å². The van der Waals surface area contributed by atoms with E-state index in [1.165, 1.54) is 22.3 Å². The predicted molar refractivity (Wildman–Crippen MR) is 97.5 cm³/mol. The minimum Gasteiger partial charge on any atom is -0.492 e. The molecule has 0 bridgehead atoms. The quantitative estimate of drug-likeness (QED) is 0.616. The average molecular weight is 314 g/mol. The molecule has 0 aromatic heterocycles. The number of ether oxygens (including phenoxy) is 2. The van der Waals surface area contributed by atoms with E-state index in [0.29, 0.717) is 6.61 Å². The minimum absolute atomic E-state index is 0.104. The van der Waals surface area contributed by atoms with E-state index < -0.39 is 0 Å². The van der Waals surface area contributed by atoms with Gasteiger partial charge >= 0.3 is 0 Å². The SMILES string of the molecule is CC(=CCOc1ccc2c(c1)OCC2(C)C)CCC(C)=C(C)C. The summed E-state index contributed by atoms with van der Waals surface area (Å²) in [6.45, 7) is 14.5. The van der Waals surface area contributed by atoms with Gasteiger partial charge in [-0.3, -0.25) is 0 Å². The van der Waals surface area contributed by atoms with Gasteiger partial charge in [-0.05, 0) is 52.7 Å². The Kier molecular flexibility index (Phi) is 5.56. The van der Waals surface area contributed by atoms with Crippen LogP contribution >= 0.6 is 0 Å². The van der Waals surface area contributed by atoms with E-state index in [1.807, 2.05) is 12.1 Å². The van der Waals surface area contributed by atoms with Crippen molar-refractivity contribution in [2.75, 3.05) is 13.2 Å². The molecule has 0 amide bonds. The van der Waals surface area contributed by atoms with Gasteiger partial charge in [0.2, 0.25) is 0 Å². The molecule has 2 nitrogen and oxygen atoms in total. The van der Waals surface area contributed by atoms with E-state index in [1.54, 1.807) is 0 Å². The molecule has 0 atom stereocenters. The molecule has 0 saturated heterocycles. The zero-order chi connectivity index (χ0) is 17.0. The monoisotopic (exact) mass is 314 g/mol. The third-order valence-electron chi connectivity index (χ3n) is 4.70. The van der Waals surface area contributed by atoms with Crippen LogP contribution in [0, 0.1) is 0 Å². The van der Waals surface area contributed by atoms with Crippen molar-refractivity contribution >= 4 is 0 Å². The van der Waals surface area contributed by atoms with Crippen LogP contribution in [0.25, 0.3) is 0 Å². The fourth-order valence-electron chi connectivity index (χ4n) is 2.62. The maximum atomic E-state index is 5.86. The van der Waals surface area contributed by atoms with Crippen molar-refractivity contribution in [2.24, 2.45) is 0 Å². The van der Waals surface area contributed by atoms with Crippen molar-refractivity contribution in [2.45, 2.75) is 59.8 Å². The van der Waals surface area contributed by atoms with Gasteiger partial charge in [-0.2, -0.15) is 0 Å². The second-order valence-electron chi connectivity index (χ2n) is 7.47. The fraction of sp³-hybridized carbons (Fsp3) is 0.524. The second-order valence-corrected chi connectivity index (χ2v) is 7.47. The molecule has 126 valence electrons. The molecule has 1 aromatic rings. The Bertz CT molecular complexity index is 617. The zero-order valence-corrected chi connectivity index (χ0v) is 15.5. The van der Waals surface area contributed by atoms with E-state index in [9.17, 15) is 0 Å². The molecule has 0 aliphatic carbocycles. The van der Waals surface area contributed by atoms with Crippen molar-refractivity contribution in [3.8, 4) is 11.5 Å². The predicted octanol–water partition coefficient (Wildman–Crippen LogP) is 5.82. The highest BCUT2D eigenvalue weighted by Crippen LogP contribution is 2.40. The molecule has 2 rings (SSSR count). The Labute approximate surface area is 141 Å². The third-order valence-corrected chi connectivity index (χ3v) is 4.70. The van der Waals surface area contributed by atoms with Gasteiger partial charge in [0.25, 0.3) is 0 Å². The first-order chi connectivity index (χ1) is 10.8. The molecule has 1 aliphatic rings. The normalized spacial score (nSPS) is 15.8. The number of hydrogen-bond acceptors (Lipinski definition) is 2. The number of fused-ring (bicyclic) bond motifs is 1. The van der Waals surface area contributed by atoms with Crippen LogP contribution in [0.3, 0.4) is 0 Å². The van der Waals surface area contributed by atoms with Crippen LogP contribution in [-0.2, 0) is 5.41 Å². The second kappa shape index (κ2) is 7.25. The molecule has 0 N–H and O–H groups in total. The molecular formula is C21H30O2. The molecule has 1 aromatic carbocycles. The molecular weight excluding hydrogens is 284 g/mol. The molecule has 1 heterocycles. The molecule has 23 heavy (non-hydrogen) atoms. The van der Waals surface area contributed by atoms with E-state index in [0.717, 1.165) is 30.9 Å². The third kappa shape index (κ3) is 4.63. The summed E-state index contributed by atoms with van der Waals surface area (Å²) < 4.78 is 11.6. The van der Waals surface area contributed by atoms with E-state index in [4.69, 9.17) is 9.47 Å². The molecule has 0 spiro atoms. The first-order valence-electron chi connectivity index (χ1n) is 8.48. The Hall–Kier alpha value is -1.70. The summed E-state index contributed by atoms with van der Waals surface area (Å²) in [5, 5.41) is 0. The lowest BCUT2D eigenvalue weighted by molar-refractivity contribution is 0.289. The standard InChI is InChI=1S/C21H30O2/c1-15(2)17(4)8-7-16(3)11-12-22-18-9-10-19-20(13-18)23-14-21(19,5)6/h9-11,13H,7-8,12,14H2,1-6H3. The van der Waals surface area contributed by atoms with Crippen LogP contribution < -0.4 is 9.47 Å². The highest BCUT2D eigenvalue weighted by Gasteiger charge is 2.31. The molecule has 1 aliphatic heterocycles. The summed E-state index contributed by atoms with van der Waals surface area (Å²) >= 11 is 0. The Balaban J connectivity index is 1.87. The molecule has 0 fully saturated rings. The van der Waals surface area contributed by atoms with Gasteiger partial charge in [0, 0.05) is 17.0 Å². The first kappa shape index (κ1) is 17.7. The van der Waals surface area contributed by atoms with Crippen LogP contribution in [0.15, 0.2) is 41.0 Å². The smallest absolute Gasteiger partial charge is 0.126 e. The van der Waals surface area contributed by atoms with Gasteiger partial charge in [-0.1, -0.05) is 36.6 Å². The van der Waals surface area contributed by atoms with E-state index >= 15 is 0 Å². The lowest BCUT2D eigenvalue weighted by Gasteiger charge is -2.15. The van der Waals surface area contributed by atoms with Crippen molar-refractivity contribution in [1.29, 1.82) is 0 Å². The first-order valence-corrected chi connectivity index (χ1v) is 8.48. The Morgan fingerprint density at radius 1 is 1.17 bits per heavy atom. The van der Waals surface area contributed by atoms with Gasteiger partial charge in [-0.25, -0.2) is 0 Å². The van der Waals surface area contributed by atoms with E-state index in [2.05, 4.69) is 53.7 Å². The summed E-state index contributed by atoms with van der Waals surface area (Å²) in [6, 6.07) is 6.19. The van der Waals surface area contributed by atoms with Crippen molar-refractivity contribution in [1.82, 2.24) is 0 Å². The lowest BCUT2D eigenvalue weighted by Crippen LogP contribution is -2.18. The molecule has 0 radical (unpaired) electrons. The van der Waals surface area contributed by atoms with Crippen LogP contribution in [0.4, 0.5) is 0 Å². The number of rotatable bonds is 6. The van der Waals surface area contributed by atoms with E-state index in [-0.39, 0.29) is 5.41 Å². The molecule has 2 heteroatoms. The van der Waals surface area contributed by atoms with Gasteiger partial charge in [0.1, 0.15) is 18.1 Å². The summed E-state index contributed by atoms with van der Waals surface area (Å²) in [7, 11) is 0. The largest absolute Gasteiger partial charge is 0.492 e. The van der Waals surface area contributed by atoms with Crippen molar-refractivity contribution in [3.63, 3.8) is 0 Å². The van der Waals surface area contributed by atoms with Crippen LogP contribution in [0.1, 0.15) is 59.9 Å². The fourth-order valence-corrected chi connectivity index (χ4v) is 2.62. The Morgan fingerprint density at radius 3 is 2.61 bits per heavy atom. The van der Waals surface area contributed by atoms with Gasteiger partial charge in [0.05, 0.1) is 6.61 Å². The highest BCUT2D eigenvalue weighted by atomic mass is 16.5. The van der Waals surface area contributed by atoms with Crippen LogP contribution in [0.2, 0.25) is 0 Å². The van der Waals surface area contributed by atoms with Crippen LogP contribution in [-0.4, -0.2) is 13.2 Å². The summed E-state index contributed by atoms with van der Waals surface area (Å²) in [4.78, 5) is 0. The molecule has 0 unspecified atom stereocenters. The lowest BCUT2D eigenvalue weighted by atomic mass is 9.87. The van der Waals surface area contributed by atoms with Gasteiger partial charge < -0.3 is 9.47 Å². The number of allylic oxidation sites excluding steroid dienone is 3. The Morgan fingerprint density at radius 2 is 1.91 bits per heavy atom. The minimum atomic E-state index is 0.104. The molecule has 0 saturated carbocycles. The number of hydrogen-bond donors (Lipinski definition) is 0. The summed E-state index contributed by atoms with van der Waals surface area (Å²) in [5.74, 6) is 1.85. The van der Waals surface area contributed by atoms with Gasteiger partial charge in [0.15, 0.2) is 0 Å². The summed E-state index contributed by atoms with van der Waals surface area (Å²) in [6.07, 6.45) is 4.41.